The van der Waals surface area contributed by atoms with Crippen molar-refractivity contribution in [2.24, 2.45) is 0 Å². The smallest absolute Gasteiger partial charge is 0.294 e. The first kappa shape index (κ1) is 31.5. The molecule has 0 unspecified atom stereocenters. The van der Waals surface area contributed by atoms with Crippen LogP contribution in [-0.2, 0) is 33.3 Å². The predicted octanol–water partition coefficient (Wildman–Crippen LogP) is 6.93. The maximum absolute atomic E-state index is 11.6. The lowest BCUT2D eigenvalue weighted by Crippen LogP contribution is -2.04. The SMILES string of the molecule is Cc1cccc(-c2nc3ccc(-c4ccc5c(c4)nc(C)n5Cc4ccc(S(=O)(=O)O)cc4)cc3n2Cc2ccc(S(=O)(=O)O)cc2)c1. The zero-order chi connectivity index (χ0) is 33.8. The molecule has 2 aromatic heterocycles. The average molecular weight is 679 g/mol. The number of imidazole rings is 2. The van der Waals surface area contributed by atoms with Crippen molar-refractivity contribution in [3.63, 3.8) is 0 Å². The minimum atomic E-state index is -4.30. The Balaban J connectivity index is 1.27. The molecular formula is C36H30N4O6S2. The molecule has 5 aromatic carbocycles. The van der Waals surface area contributed by atoms with Gasteiger partial charge in [0.15, 0.2) is 0 Å². The summed E-state index contributed by atoms with van der Waals surface area (Å²) in [7, 11) is -8.56. The van der Waals surface area contributed by atoms with E-state index in [1.165, 1.54) is 24.3 Å². The molecule has 0 saturated heterocycles. The van der Waals surface area contributed by atoms with Crippen LogP contribution in [0.3, 0.4) is 0 Å². The summed E-state index contributed by atoms with van der Waals surface area (Å²) in [5.41, 5.74) is 9.15. The second-order valence-electron chi connectivity index (χ2n) is 11.8. The van der Waals surface area contributed by atoms with E-state index < -0.39 is 20.2 Å². The number of hydrogen-bond donors (Lipinski definition) is 2. The fourth-order valence-corrected chi connectivity index (χ4v) is 6.96. The van der Waals surface area contributed by atoms with Gasteiger partial charge in [-0.3, -0.25) is 9.11 Å². The maximum atomic E-state index is 11.6. The molecule has 0 aliphatic heterocycles. The van der Waals surface area contributed by atoms with E-state index in [4.69, 9.17) is 9.97 Å². The highest BCUT2D eigenvalue weighted by molar-refractivity contribution is 7.86. The third kappa shape index (κ3) is 6.14. The summed E-state index contributed by atoms with van der Waals surface area (Å²) >= 11 is 0. The van der Waals surface area contributed by atoms with E-state index in [1.54, 1.807) is 24.3 Å². The van der Waals surface area contributed by atoms with Gasteiger partial charge in [0.1, 0.15) is 11.6 Å². The molecule has 242 valence electrons. The Kier molecular flexibility index (Phi) is 7.75. The molecule has 2 N–H and O–H groups in total. The van der Waals surface area contributed by atoms with Crippen molar-refractivity contribution >= 4 is 42.3 Å². The lowest BCUT2D eigenvalue weighted by atomic mass is 10.0. The molecule has 0 aliphatic rings. The van der Waals surface area contributed by atoms with Crippen LogP contribution in [0.5, 0.6) is 0 Å². The van der Waals surface area contributed by atoms with Crippen LogP contribution in [0.25, 0.3) is 44.6 Å². The van der Waals surface area contributed by atoms with Gasteiger partial charge in [-0.05, 0) is 90.7 Å². The molecule has 12 heteroatoms. The normalized spacial score (nSPS) is 12.2. The zero-order valence-corrected chi connectivity index (χ0v) is 27.6. The summed E-state index contributed by atoms with van der Waals surface area (Å²) in [5.74, 6) is 1.58. The minimum Gasteiger partial charge on any atom is -0.324 e. The van der Waals surface area contributed by atoms with E-state index in [0.717, 1.165) is 67.1 Å². The lowest BCUT2D eigenvalue weighted by Gasteiger charge is -2.12. The summed E-state index contributed by atoms with van der Waals surface area (Å²) in [4.78, 5) is 9.50. The van der Waals surface area contributed by atoms with Gasteiger partial charge in [-0.25, -0.2) is 9.97 Å². The van der Waals surface area contributed by atoms with Gasteiger partial charge in [0, 0.05) is 18.7 Å². The monoisotopic (exact) mass is 678 g/mol. The van der Waals surface area contributed by atoms with Crippen LogP contribution >= 0.6 is 0 Å². The van der Waals surface area contributed by atoms with Gasteiger partial charge in [0.25, 0.3) is 20.2 Å². The second-order valence-corrected chi connectivity index (χ2v) is 14.6. The van der Waals surface area contributed by atoms with Crippen molar-refractivity contribution in [1.82, 2.24) is 19.1 Å². The van der Waals surface area contributed by atoms with Crippen molar-refractivity contribution in [3.8, 4) is 22.5 Å². The van der Waals surface area contributed by atoms with Gasteiger partial charge in [-0.2, -0.15) is 16.8 Å². The van der Waals surface area contributed by atoms with Crippen LogP contribution in [0.1, 0.15) is 22.5 Å². The van der Waals surface area contributed by atoms with Crippen LogP contribution in [0.2, 0.25) is 0 Å². The van der Waals surface area contributed by atoms with Crippen molar-refractivity contribution in [3.05, 3.63) is 132 Å². The fraction of sp³-hybridized carbons (Fsp3) is 0.111. The Hall–Kier alpha value is -5.14. The Morgan fingerprint density at radius 3 is 1.75 bits per heavy atom. The molecule has 7 aromatic rings. The number of fused-ring (bicyclic) bond motifs is 2. The van der Waals surface area contributed by atoms with Crippen LogP contribution in [0.15, 0.2) is 119 Å². The van der Waals surface area contributed by atoms with E-state index in [1.807, 2.05) is 62.4 Å². The van der Waals surface area contributed by atoms with E-state index in [-0.39, 0.29) is 9.79 Å². The van der Waals surface area contributed by atoms with Gasteiger partial charge in [0.2, 0.25) is 0 Å². The molecule has 0 saturated carbocycles. The highest BCUT2D eigenvalue weighted by Gasteiger charge is 2.17. The molecular weight excluding hydrogens is 649 g/mol. The number of benzene rings is 5. The maximum Gasteiger partial charge on any atom is 0.294 e. The molecule has 10 nitrogen and oxygen atoms in total. The number of rotatable bonds is 8. The molecule has 0 radical (unpaired) electrons. The number of hydrogen-bond acceptors (Lipinski definition) is 6. The molecule has 0 spiro atoms. The Morgan fingerprint density at radius 1 is 0.562 bits per heavy atom. The summed E-state index contributed by atoms with van der Waals surface area (Å²) in [6, 6.07) is 32.6. The van der Waals surface area contributed by atoms with Crippen LogP contribution in [-0.4, -0.2) is 45.0 Å². The Bertz CT molecular complexity index is 2570. The predicted molar refractivity (Wildman–Crippen MR) is 184 cm³/mol. The van der Waals surface area contributed by atoms with E-state index in [2.05, 4.69) is 21.3 Å². The molecule has 48 heavy (non-hydrogen) atoms. The second kappa shape index (κ2) is 11.8. The minimum absolute atomic E-state index is 0.150. The molecule has 2 heterocycles. The summed E-state index contributed by atoms with van der Waals surface area (Å²) in [6.45, 7) is 4.85. The zero-order valence-electron chi connectivity index (χ0n) is 25.9. The molecule has 7 rings (SSSR count). The third-order valence-corrected chi connectivity index (χ3v) is 10.2. The van der Waals surface area contributed by atoms with Crippen molar-refractivity contribution in [2.75, 3.05) is 0 Å². The molecule has 0 fully saturated rings. The first-order valence-corrected chi connectivity index (χ1v) is 17.9. The molecule has 0 atom stereocenters. The number of nitrogens with zero attached hydrogens (tertiary/aromatic N) is 4. The summed E-state index contributed by atoms with van der Waals surface area (Å²) < 4.78 is 69.0. The largest absolute Gasteiger partial charge is 0.324 e. The van der Waals surface area contributed by atoms with Gasteiger partial charge >= 0.3 is 0 Å². The summed E-state index contributed by atoms with van der Waals surface area (Å²) in [6.07, 6.45) is 0. The lowest BCUT2D eigenvalue weighted by molar-refractivity contribution is 0.481. The quantitative estimate of drug-likeness (QED) is 0.165. The van der Waals surface area contributed by atoms with Gasteiger partial charge < -0.3 is 9.13 Å². The van der Waals surface area contributed by atoms with Gasteiger partial charge in [0.05, 0.1) is 31.9 Å². The molecule has 0 bridgehead atoms. The molecule has 0 aliphatic carbocycles. The third-order valence-electron chi connectivity index (χ3n) is 8.42. The highest BCUT2D eigenvalue weighted by Crippen LogP contribution is 2.32. The first-order valence-electron chi connectivity index (χ1n) is 15.0. The van der Waals surface area contributed by atoms with Crippen LogP contribution < -0.4 is 0 Å². The molecule has 0 amide bonds. The van der Waals surface area contributed by atoms with Crippen molar-refractivity contribution in [1.29, 1.82) is 0 Å². The highest BCUT2D eigenvalue weighted by atomic mass is 32.2. The van der Waals surface area contributed by atoms with Gasteiger partial charge in [-0.1, -0.05) is 60.2 Å². The van der Waals surface area contributed by atoms with Crippen molar-refractivity contribution in [2.45, 2.75) is 36.7 Å². The van der Waals surface area contributed by atoms with E-state index in [9.17, 15) is 25.9 Å². The van der Waals surface area contributed by atoms with Crippen LogP contribution in [0, 0.1) is 13.8 Å². The topological polar surface area (TPSA) is 144 Å². The van der Waals surface area contributed by atoms with E-state index in [0.29, 0.717) is 13.1 Å². The number of aryl methyl sites for hydroxylation is 2. The number of aromatic nitrogens is 4. The van der Waals surface area contributed by atoms with E-state index >= 15 is 0 Å². The standard InChI is InChI=1S/C36H30N4O6S2/c1-23-4-3-5-29(18-23)36-38-32-16-10-28(20-35(32)40(36)22-26-8-14-31(15-9-26)48(44,45)46)27-11-17-34-33(19-27)37-24(2)39(34)21-25-6-12-30(13-7-25)47(41,42)43/h3-20H,21-22H2,1-2H3,(H,41,42,43)(H,44,45,46). The van der Waals surface area contributed by atoms with Gasteiger partial charge in [-0.15, -0.1) is 0 Å². The first-order chi connectivity index (χ1) is 22.8. The Morgan fingerprint density at radius 2 is 1.15 bits per heavy atom. The Labute approximate surface area is 277 Å². The average Bonchev–Trinajstić information content (AvgIpc) is 3.56. The summed E-state index contributed by atoms with van der Waals surface area (Å²) in [5, 5.41) is 0. The fourth-order valence-electron chi connectivity index (χ4n) is 6.00. The van der Waals surface area contributed by atoms with Crippen molar-refractivity contribution < 1.29 is 25.9 Å². The van der Waals surface area contributed by atoms with Crippen LogP contribution in [0.4, 0.5) is 0 Å².